The van der Waals surface area contributed by atoms with Crippen LogP contribution in [0.4, 0.5) is 11.4 Å². The molecule has 0 aromatic heterocycles. The van der Waals surface area contributed by atoms with Crippen LogP contribution in [0.15, 0.2) is 137 Å². The van der Waals surface area contributed by atoms with Gasteiger partial charge in [0.05, 0.1) is 22.1 Å². The Labute approximate surface area is 355 Å². The van der Waals surface area contributed by atoms with Crippen molar-refractivity contribution in [3.8, 4) is 0 Å². The lowest BCUT2D eigenvalue weighted by Gasteiger charge is -2.29. The van der Waals surface area contributed by atoms with Crippen LogP contribution in [0, 0.1) is 0 Å². The summed E-state index contributed by atoms with van der Waals surface area (Å²) in [5.41, 5.74) is 6.80. The lowest BCUT2D eigenvalue weighted by Crippen LogP contribution is -2.27. The number of fused-ring (bicyclic) bond motifs is 1. The van der Waals surface area contributed by atoms with E-state index in [-0.39, 0.29) is 16.4 Å². The van der Waals surface area contributed by atoms with E-state index in [1.165, 1.54) is 24.3 Å². The van der Waals surface area contributed by atoms with E-state index in [2.05, 4.69) is 55.3 Å². The third kappa shape index (κ3) is 11.8. The zero-order valence-corrected chi connectivity index (χ0v) is 37.1. The molecule has 11 nitrogen and oxygen atoms in total. The highest BCUT2D eigenvalue weighted by atomic mass is 35.5. The van der Waals surface area contributed by atoms with Crippen LogP contribution in [0.5, 0.6) is 0 Å². The van der Waals surface area contributed by atoms with Gasteiger partial charge in [-0.05, 0) is 109 Å². The first-order chi connectivity index (χ1) is 27.6. The van der Waals surface area contributed by atoms with Crippen LogP contribution < -0.4 is 14.9 Å². The van der Waals surface area contributed by atoms with E-state index < -0.39 is 41.1 Å². The number of nitrogens with zero attached hydrogens (tertiary/aromatic N) is 1. The molecule has 3 aromatic rings. The van der Waals surface area contributed by atoms with Crippen molar-refractivity contribution < 1.29 is 34.4 Å². The van der Waals surface area contributed by atoms with Crippen molar-refractivity contribution in [3.63, 3.8) is 0 Å². The van der Waals surface area contributed by atoms with Gasteiger partial charge in [0.1, 0.15) is 0 Å². The van der Waals surface area contributed by atoms with E-state index in [1.807, 2.05) is 66.8 Å². The molecular formula is C44H54ClN3O8S3. The Hall–Kier alpha value is -4.18. The highest BCUT2D eigenvalue weighted by molar-refractivity contribution is 7.89. The van der Waals surface area contributed by atoms with Crippen LogP contribution in [-0.2, 0) is 41.1 Å². The molecule has 1 aliphatic heterocycles. The predicted octanol–water partition coefficient (Wildman–Crippen LogP) is 9.11. The Morgan fingerprint density at radius 3 is 2.15 bits per heavy atom. The maximum atomic E-state index is 13.9. The quantitative estimate of drug-likeness (QED) is 0.0518. The second kappa shape index (κ2) is 18.6. The molecule has 1 heterocycles. The minimum Gasteiger partial charge on any atom is -0.385 e. The van der Waals surface area contributed by atoms with E-state index in [0.717, 1.165) is 44.9 Å². The van der Waals surface area contributed by atoms with Crippen LogP contribution in [0.1, 0.15) is 77.3 Å². The molecule has 2 aliphatic rings. The minimum absolute atomic E-state index is 0.0680. The number of allylic oxidation sites excluding steroid dienone is 8. The van der Waals surface area contributed by atoms with E-state index in [9.17, 15) is 29.8 Å². The molecule has 0 amide bonds. The van der Waals surface area contributed by atoms with Crippen molar-refractivity contribution in [2.45, 2.75) is 81.9 Å². The summed E-state index contributed by atoms with van der Waals surface area (Å²) in [5.74, 6) is -0.611. The lowest BCUT2D eigenvalue weighted by molar-refractivity contribution is 0.478. The number of sulfonamides is 1. The topological polar surface area (TPSA) is 170 Å². The Bertz CT molecular complexity index is 2510. The maximum absolute atomic E-state index is 13.9. The van der Waals surface area contributed by atoms with Gasteiger partial charge in [0.2, 0.25) is 0 Å². The van der Waals surface area contributed by atoms with Crippen LogP contribution in [-0.4, -0.2) is 59.0 Å². The van der Waals surface area contributed by atoms with Gasteiger partial charge in [-0.3, -0.25) is 13.8 Å². The number of halogens is 1. The Balaban J connectivity index is 1.48. The molecule has 0 bridgehead atoms. The number of unbranched alkanes of at least 4 members (excludes halogenated alkanes) is 2. The Morgan fingerprint density at radius 1 is 0.847 bits per heavy atom. The number of rotatable bonds is 19. The first-order valence-corrected chi connectivity index (χ1v) is 24.6. The van der Waals surface area contributed by atoms with Gasteiger partial charge in [-0.25, -0.2) is 8.42 Å². The number of nitrogens with one attached hydrogen (secondary N) is 2. The van der Waals surface area contributed by atoms with Gasteiger partial charge < -0.3 is 10.2 Å². The zero-order chi connectivity index (χ0) is 43.2. The third-order valence-electron chi connectivity index (χ3n) is 11.0. The summed E-state index contributed by atoms with van der Waals surface area (Å²) in [6.45, 7) is 13.8. The summed E-state index contributed by atoms with van der Waals surface area (Å²) >= 11 is 6.09. The van der Waals surface area contributed by atoms with Gasteiger partial charge in [0, 0.05) is 46.0 Å². The van der Waals surface area contributed by atoms with E-state index in [4.69, 9.17) is 16.2 Å². The number of hydrogen-bond acceptors (Lipinski definition) is 8. The molecule has 0 radical (unpaired) electrons. The second-order valence-electron chi connectivity index (χ2n) is 15.9. The summed E-state index contributed by atoms with van der Waals surface area (Å²) in [5, 5.41) is 3.82. The molecular weight excluding hydrogens is 830 g/mol. The fourth-order valence-electron chi connectivity index (χ4n) is 7.51. The van der Waals surface area contributed by atoms with Gasteiger partial charge in [-0.15, -0.1) is 0 Å². The van der Waals surface area contributed by atoms with Crippen LogP contribution >= 0.6 is 11.6 Å². The fraction of sp³-hybridized carbons (Fsp3) is 0.364. The highest BCUT2D eigenvalue weighted by Gasteiger charge is 2.39. The summed E-state index contributed by atoms with van der Waals surface area (Å²) in [6.07, 6.45) is 10.6. The first kappa shape index (κ1) is 45.9. The molecule has 0 unspecified atom stereocenters. The van der Waals surface area contributed by atoms with Crippen molar-refractivity contribution >= 4 is 53.2 Å². The van der Waals surface area contributed by atoms with Crippen LogP contribution in [0.25, 0.3) is 0 Å². The van der Waals surface area contributed by atoms with Gasteiger partial charge in [-0.2, -0.15) is 16.8 Å². The Kier molecular flexibility index (Phi) is 14.5. The predicted molar refractivity (Wildman–Crippen MR) is 239 cm³/mol. The third-order valence-corrected chi connectivity index (χ3v) is 14.2. The molecule has 318 valence electrons. The molecule has 1 aliphatic carbocycles. The summed E-state index contributed by atoms with van der Waals surface area (Å²) in [7, 11) is -12.1. The molecule has 59 heavy (non-hydrogen) atoms. The summed E-state index contributed by atoms with van der Waals surface area (Å²) in [4.78, 5) is 2.24. The molecule has 0 fully saturated rings. The average molecular weight is 885 g/mol. The van der Waals surface area contributed by atoms with Gasteiger partial charge >= 0.3 is 0 Å². The summed E-state index contributed by atoms with van der Waals surface area (Å²) < 4.78 is 94.1. The van der Waals surface area contributed by atoms with Crippen LogP contribution in [0.2, 0.25) is 5.02 Å². The van der Waals surface area contributed by atoms with E-state index >= 15 is 0 Å². The normalized spacial score (nSPS) is 17.3. The van der Waals surface area contributed by atoms with Crippen LogP contribution in [0.3, 0.4) is 0 Å². The van der Waals surface area contributed by atoms with Crippen molar-refractivity contribution in [3.05, 3.63) is 148 Å². The van der Waals surface area contributed by atoms with E-state index in [0.29, 0.717) is 62.3 Å². The molecule has 0 spiro atoms. The van der Waals surface area contributed by atoms with Crippen molar-refractivity contribution in [1.82, 2.24) is 4.72 Å². The summed E-state index contributed by atoms with van der Waals surface area (Å²) in [6, 6.07) is 21.9. The van der Waals surface area contributed by atoms with Crippen molar-refractivity contribution in [2.75, 3.05) is 34.8 Å². The zero-order valence-electron chi connectivity index (χ0n) is 33.9. The molecule has 0 saturated heterocycles. The fourth-order valence-corrected chi connectivity index (χ4v) is 9.92. The maximum Gasteiger partial charge on any atom is 0.264 e. The number of benzene rings is 3. The molecule has 4 N–H and O–H groups in total. The molecule has 5 rings (SSSR count). The minimum atomic E-state index is -4.08. The van der Waals surface area contributed by atoms with Gasteiger partial charge in [0.15, 0.2) is 0 Å². The molecule has 0 atom stereocenters. The number of anilines is 2. The largest absolute Gasteiger partial charge is 0.385 e. The molecule has 0 saturated carbocycles. The van der Waals surface area contributed by atoms with Crippen molar-refractivity contribution in [2.24, 2.45) is 0 Å². The smallest absolute Gasteiger partial charge is 0.264 e. The standard InChI is InChI=1S/C44H54ClN3O8S3/c1-32(43(2,3)37-14-6-8-16-39(37)46-28-10-12-30-57(49,50)51)18-19-33-20-21-34(42(33)47-59(55,56)36-25-23-35(45)24-26-36)22-27-41-44(4,5)38-15-7-9-17-40(38)48(41)29-11-13-31-58(52,53)54/h6-9,14-19,22-27,46-47H,1,10-13,20-21,28-31H2,2-5H3,(H,49,50,51)(H,52,53,54)/b19-18+,34-22+,41-27+. The Morgan fingerprint density at radius 2 is 1.47 bits per heavy atom. The van der Waals surface area contributed by atoms with Crippen molar-refractivity contribution in [1.29, 1.82) is 0 Å². The first-order valence-electron chi connectivity index (χ1n) is 19.5. The number of hydrogen-bond donors (Lipinski definition) is 4. The average Bonchev–Trinajstić information content (AvgIpc) is 3.63. The molecule has 3 aromatic carbocycles. The van der Waals surface area contributed by atoms with Gasteiger partial charge in [0.25, 0.3) is 30.3 Å². The monoisotopic (exact) mass is 883 g/mol. The molecule has 15 heteroatoms. The highest BCUT2D eigenvalue weighted by Crippen LogP contribution is 2.48. The lowest BCUT2D eigenvalue weighted by atomic mass is 9.77. The number of para-hydroxylation sites is 2. The van der Waals surface area contributed by atoms with E-state index in [1.54, 1.807) is 0 Å². The second-order valence-corrected chi connectivity index (χ2v) is 21.2. The SMILES string of the molecule is C=C(/C=C/C1=C(NS(=O)(=O)c2ccc(Cl)cc2)C(=C/C=C2/N(CCCCS(=O)(=O)O)c3ccccc3C2(C)C)/CC1)C(C)(C)c1ccccc1NCCCCS(=O)(=O)O. The van der Waals surface area contributed by atoms with Gasteiger partial charge in [-0.1, -0.05) is 101 Å².